The molecule has 0 radical (unpaired) electrons. The van der Waals surface area contributed by atoms with Crippen molar-refractivity contribution in [1.29, 1.82) is 0 Å². The highest BCUT2D eigenvalue weighted by Crippen LogP contribution is 2.04. The molecule has 0 fully saturated rings. The van der Waals surface area contributed by atoms with E-state index in [0.717, 1.165) is 32.7 Å². The number of ether oxygens (including phenoxy) is 1. The Labute approximate surface area is 97.2 Å². The van der Waals surface area contributed by atoms with Crippen molar-refractivity contribution in [1.82, 2.24) is 20.3 Å². The Bertz CT molecular complexity index is 266. The molecule has 5 nitrogen and oxygen atoms in total. The van der Waals surface area contributed by atoms with Gasteiger partial charge in [0.05, 0.1) is 18.4 Å². The number of hydrogen-bond donors (Lipinski definition) is 1. The first-order valence-corrected chi connectivity index (χ1v) is 5.77. The highest BCUT2D eigenvalue weighted by molar-refractivity contribution is 4.64. The van der Waals surface area contributed by atoms with Crippen LogP contribution in [0.25, 0.3) is 0 Å². The average molecular weight is 226 g/mol. The minimum Gasteiger partial charge on any atom is -0.375 e. The molecule has 1 N–H and O–H groups in total. The second kappa shape index (κ2) is 6.60. The van der Waals surface area contributed by atoms with E-state index in [1.54, 1.807) is 6.20 Å². The van der Waals surface area contributed by atoms with E-state index in [9.17, 15) is 0 Å². The molecule has 0 aliphatic rings. The molecule has 0 unspecified atom stereocenters. The third-order valence-corrected chi connectivity index (χ3v) is 2.03. The van der Waals surface area contributed by atoms with E-state index in [0.29, 0.717) is 0 Å². The summed E-state index contributed by atoms with van der Waals surface area (Å²) >= 11 is 0. The van der Waals surface area contributed by atoms with Gasteiger partial charge in [-0.25, -0.2) is 0 Å². The zero-order valence-electron chi connectivity index (χ0n) is 10.4. The molecular formula is C11H22N4O. The highest BCUT2D eigenvalue weighted by Gasteiger charge is 2.08. The van der Waals surface area contributed by atoms with Gasteiger partial charge in [0.15, 0.2) is 0 Å². The Balaban J connectivity index is 1.89. The molecule has 0 amide bonds. The summed E-state index contributed by atoms with van der Waals surface area (Å²) in [6, 6.07) is 0. The molecule has 16 heavy (non-hydrogen) atoms. The van der Waals surface area contributed by atoms with Crippen LogP contribution in [0.5, 0.6) is 0 Å². The van der Waals surface area contributed by atoms with Crippen LogP contribution in [-0.4, -0.2) is 40.3 Å². The van der Waals surface area contributed by atoms with Crippen LogP contribution in [0.2, 0.25) is 0 Å². The van der Waals surface area contributed by atoms with Gasteiger partial charge in [-0.05, 0) is 33.7 Å². The van der Waals surface area contributed by atoms with E-state index >= 15 is 0 Å². The molecule has 0 aromatic carbocycles. The van der Waals surface area contributed by atoms with Crippen molar-refractivity contribution >= 4 is 0 Å². The van der Waals surface area contributed by atoms with Crippen molar-refractivity contribution in [3.63, 3.8) is 0 Å². The molecule has 0 saturated carbocycles. The number of aromatic nitrogens is 3. The molecular weight excluding hydrogens is 204 g/mol. The zero-order chi connectivity index (χ0) is 11.9. The summed E-state index contributed by atoms with van der Waals surface area (Å²) in [7, 11) is 0. The molecule has 0 saturated heterocycles. The van der Waals surface area contributed by atoms with Crippen molar-refractivity contribution in [2.75, 3.05) is 19.7 Å². The number of aryl methyl sites for hydroxylation is 1. The van der Waals surface area contributed by atoms with E-state index in [2.05, 4.69) is 36.4 Å². The maximum Gasteiger partial charge on any atom is 0.0692 e. The molecule has 1 rings (SSSR count). The molecule has 5 heteroatoms. The second-order valence-corrected chi connectivity index (χ2v) is 4.73. The van der Waals surface area contributed by atoms with E-state index < -0.39 is 0 Å². The molecule has 0 bridgehead atoms. The van der Waals surface area contributed by atoms with Crippen LogP contribution >= 0.6 is 0 Å². The first-order chi connectivity index (χ1) is 7.58. The Morgan fingerprint density at radius 2 is 2.12 bits per heavy atom. The first-order valence-electron chi connectivity index (χ1n) is 5.77. The zero-order valence-corrected chi connectivity index (χ0v) is 10.4. The van der Waals surface area contributed by atoms with Crippen molar-refractivity contribution < 1.29 is 4.74 Å². The van der Waals surface area contributed by atoms with Crippen LogP contribution in [-0.2, 0) is 11.3 Å². The van der Waals surface area contributed by atoms with E-state index in [-0.39, 0.29) is 5.60 Å². The summed E-state index contributed by atoms with van der Waals surface area (Å²) in [6.45, 7) is 9.75. The maximum absolute atomic E-state index is 5.59. The van der Waals surface area contributed by atoms with Crippen molar-refractivity contribution in [2.24, 2.45) is 0 Å². The number of rotatable bonds is 7. The summed E-state index contributed by atoms with van der Waals surface area (Å²) in [4.78, 5) is 0. The van der Waals surface area contributed by atoms with Gasteiger partial charge in [0.2, 0.25) is 0 Å². The predicted octanol–water partition coefficient (Wildman–Crippen LogP) is 1.07. The Morgan fingerprint density at radius 1 is 1.31 bits per heavy atom. The van der Waals surface area contributed by atoms with Gasteiger partial charge in [-0.15, -0.1) is 5.10 Å². The maximum atomic E-state index is 5.59. The topological polar surface area (TPSA) is 52.0 Å². The third kappa shape index (κ3) is 6.53. The van der Waals surface area contributed by atoms with Crippen LogP contribution in [0, 0.1) is 0 Å². The van der Waals surface area contributed by atoms with Crippen molar-refractivity contribution in [3.05, 3.63) is 12.4 Å². The van der Waals surface area contributed by atoms with Gasteiger partial charge in [-0.2, -0.15) is 0 Å². The van der Waals surface area contributed by atoms with Crippen LogP contribution < -0.4 is 5.32 Å². The molecule has 92 valence electrons. The van der Waals surface area contributed by atoms with Gasteiger partial charge >= 0.3 is 0 Å². The van der Waals surface area contributed by atoms with E-state index in [1.807, 2.05) is 10.9 Å². The largest absolute Gasteiger partial charge is 0.375 e. The SMILES string of the molecule is CC(C)(C)OCCNCCCn1ccnn1. The lowest BCUT2D eigenvalue weighted by Gasteiger charge is -2.19. The Kier molecular flexibility index (Phi) is 5.42. The van der Waals surface area contributed by atoms with Gasteiger partial charge in [-0.1, -0.05) is 5.21 Å². The predicted molar refractivity (Wildman–Crippen MR) is 63.2 cm³/mol. The van der Waals surface area contributed by atoms with Gasteiger partial charge < -0.3 is 10.1 Å². The Morgan fingerprint density at radius 3 is 2.75 bits per heavy atom. The third-order valence-electron chi connectivity index (χ3n) is 2.03. The Hall–Kier alpha value is -0.940. The molecule has 1 aromatic heterocycles. The summed E-state index contributed by atoms with van der Waals surface area (Å²) in [5.41, 5.74) is -0.0393. The van der Waals surface area contributed by atoms with Crippen LogP contribution in [0.3, 0.4) is 0 Å². The number of nitrogens with one attached hydrogen (secondary N) is 1. The lowest BCUT2D eigenvalue weighted by Crippen LogP contribution is -2.27. The summed E-state index contributed by atoms with van der Waals surface area (Å²) < 4.78 is 7.43. The molecule has 1 heterocycles. The van der Waals surface area contributed by atoms with Crippen LogP contribution in [0.4, 0.5) is 0 Å². The number of hydrogen-bond acceptors (Lipinski definition) is 4. The molecule has 0 atom stereocenters. The van der Waals surface area contributed by atoms with E-state index in [4.69, 9.17) is 4.74 Å². The quantitative estimate of drug-likeness (QED) is 0.707. The molecule has 1 aromatic rings. The lowest BCUT2D eigenvalue weighted by atomic mass is 10.2. The summed E-state index contributed by atoms with van der Waals surface area (Å²) in [5.74, 6) is 0. The smallest absolute Gasteiger partial charge is 0.0692 e. The average Bonchev–Trinajstić information content (AvgIpc) is 2.67. The minimum absolute atomic E-state index is 0.0393. The highest BCUT2D eigenvalue weighted by atomic mass is 16.5. The van der Waals surface area contributed by atoms with Crippen molar-refractivity contribution in [3.8, 4) is 0 Å². The molecule has 0 aliphatic carbocycles. The van der Waals surface area contributed by atoms with Crippen LogP contribution in [0.15, 0.2) is 12.4 Å². The fourth-order valence-electron chi connectivity index (χ4n) is 1.27. The van der Waals surface area contributed by atoms with Crippen LogP contribution in [0.1, 0.15) is 27.2 Å². The van der Waals surface area contributed by atoms with Gasteiger partial charge in [-0.3, -0.25) is 4.68 Å². The standard InChI is InChI=1S/C11H22N4O/c1-11(2,3)16-10-7-12-5-4-8-15-9-6-13-14-15/h6,9,12H,4-5,7-8,10H2,1-3H3. The second-order valence-electron chi connectivity index (χ2n) is 4.73. The molecule has 0 aliphatic heterocycles. The van der Waals surface area contributed by atoms with E-state index in [1.165, 1.54) is 0 Å². The van der Waals surface area contributed by atoms with Gasteiger partial charge in [0.1, 0.15) is 0 Å². The van der Waals surface area contributed by atoms with Gasteiger partial charge in [0, 0.05) is 19.3 Å². The fraction of sp³-hybridized carbons (Fsp3) is 0.818. The lowest BCUT2D eigenvalue weighted by molar-refractivity contribution is -0.000768. The minimum atomic E-state index is -0.0393. The summed E-state index contributed by atoms with van der Waals surface area (Å²) in [5, 5.41) is 11.0. The van der Waals surface area contributed by atoms with Gasteiger partial charge in [0.25, 0.3) is 0 Å². The normalized spacial score (nSPS) is 11.9. The summed E-state index contributed by atoms with van der Waals surface area (Å²) in [6.07, 6.45) is 4.63. The number of nitrogens with zero attached hydrogens (tertiary/aromatic N) is 3. The molecule has 0 spiro atoms. The first kappa shape index (κ1) is 13.1. The monoisotopic (exact) mass is 226 g/mol. The fourth-order valence-corrected chi connectivity index (χ4v) is 1.27. The van der Waals surface area contributed by atoms with Crippen molar-refractivity contribution in [2.45, 2.75) is 39.3 Å².